The molecule has 254 valence electrons. The first-order valence-electron chi connectivity index (χ1n) is 16.0. The molecular weight excluding hydrogens is 667 g/mol. The van der Waals surface area contributed by atoms with Crippen molar-refractivity contribution < 1.29 is 23.9 Å². The number of esters is 1. The molecule has 10 heteroatoms. The maximum atomic E-state index is 13.6. The Morgan fingerprint density at radius 3 is 2.28 bits per heavy atom. The minimum Gasteiger partial charge on any atom is -0.465 e. The summed E-state index contributed by atoms with van der Waals surface area (Å²) >= 11 is 2.62. The minimum atomic E-state index is -0.530. The van der Waals surface area contributed by atoms with Crippen molar-refractivity contribution in [1.82, 2.24) is 5.32 Å². The van der Waals surface area contributed by atoms with Crippen LogP contribution in [0.3, 0.4) is 0 Å². The van der Waals surface area contributed by atoms with Crippen molar-refractivity contribution in [1.29, 1.82) is 0 Å². The molecule has 0 saturated carbocycles. The van der Waals surface area contributed by atoms with Gasteiger partial charge >= 0.3 is 5.97 Å². The maximum Gasteiger partial charge on any atom is 0.341 e. The number of anilines is 2. The van der Waals surface area contributed by atoms with Gasteiger partial charge in [0.05, 0.1) is 12.4 Å². The van der Waals surface area contributed by atoms with Gasteiger partial charge in [-0.2, -0.15) is 0 Å². The van der Waals surface area contributed by atoms with Crippen molar-refractivity contribution in [3.05, 3.63) is 142 Å². The Morgan fingerprint density at radius 1 is 0.860 bits per heavy atom. The van der Waals surface area contributed by atoms with Gasteiger partial charge in [-0.25, -0.2) is 4.79 Å². The van der Waals surface area contributed by atoms with Crippen molar-refractivity contribution in [3.8, 4) is 11.1 Å². The molecule has 50 heavy (non-hydrogen) atoms. The van der Waals surface area contributed by atoms with Crippen LogP contribution in [0.2, 0.25) is 0 Å². The molecule has 1 unspecified atom stereocenters. The number of nitrogens with one attached hydrogen (secondary N) is 3. The Morgan fingerprint density at radius 2 is 1.58 bits per heavy atom. The summed E-state index contributed by atoms with van der Waals surface area (Å²) in [6, 6.07) is 31.2. The second-order valence-corrected chi connectivity index (χ2v) is 13.6. The van der Waals surface area contributed by atoms with Gasteiger partial charge in [0, 0.05) is 27.1 Å². The van der Waals surface area contributed by atoms with Gasteiger partial charge in [0.15, 0.2) is 0 Å². The predicted molar refractivity (Wildman–Crippen MR) is 203 cm³/mol. The van der Waals surface area contributed by atoms with E-state index < -0.39 is 23.0 Å². The summed E-state index contributed by atoms with van der Waals surface area (Å²) in [5.74, 6) is -1.70. The SMILES string of the molecule is CCC(Sc1cccc(NC(=O)/C(=C/c2ccccc2C)NC(=O)c2ccccc2)c1)C(=O)Nc1scc(-c2ccc(C)cc2)c1C(=O)OC. The molecule has 0 fully saturated rings. The van der Waals surface area contributed by atoms with E-state index in [9.17, 15) is 19.2 Å². The molecule has 0 aliphatic rings. The third-order valence-electron chi connectivity index (χ3n) is 7.83. The van der Waals surface area contributed by atoms with Gasteiger partial charge in [0.2, 0.25) is 5.91 Å². The van der Waals surface area contributed by atoms with Crippen LogP contribution in [-0.2, 0) is 14.3 Å². The molecule has 3 N–H and O–H groups in total. The Balaban J connectivity index is 1.32. The van der Waals surface area contributed by atoms with Crippen molar-refractivity contribution >= 4 is 63.6 Å². The summed E-state index contributed by atoms with van der Waals surface area (Å²) in [6.45, 7) is 5.83. The van der Waals surface area contributed by atoms with Crippen LogP contribution in [-0.4, -0.2) is 36.1 Å². The zero-order chi connectivity index (χ0) is 35.6. The first-order valence-corrected chi connectivity index (χ1v) is 17.7. The largest absolute Gasteiger partial charge is 0.465 e. The van der Waals surface area contributed by atoms with Crippen LogP contribution in [0.25, 0.3) is 17.2 Å². The molecule has 5 rings (SSSR count). The number of amides is 3. The predicted octanol–water partition coefficient (Wildman–Crippen LogP) is 8.74. The van der Waals surface area contributed by atoms with E-state index in [0.29, 0.717) is 33.8 Å². The summed E-state index contributed by atoms with van der Waals surface area (Å²) in [4.78, 5) is 53.9. The third-order valence-corrected chi connectivity index (χ3v) is 10.1. The van der Waals surface area contributed by atoms with Gasteiger partial charge < -0.3 is 20.7 Å². The standard InChI is InChI=1S/C40H37N3O5S2/c1-5-34(38(46)43-39-35(40(47)48-4)32(24-49-39)27-20-18-25(2)19-21-27)50-31-17-11-16-30(23-31)41-37(45)33(22-29-15-10-9-12-26(29)3)42-36(44)28-13-7-6-8-14-28/h6-24,34H,5H2,1-4H3,(H,41,45)(H,42,44)(H,43,46)/b33-22-. The molecule has 1 aromatic heterocycles. The summed E-state index contributed by atoms with van der Waals surface area (Å²) in [7, 11) is 1.32. The van der Waals surface area contributed by atoms with Crippen LogP contribution in [0.4, 0.5) is 10.7 Å². The monoisotopic (exact) mass is 703 g/mol. The number of benzene rings is 4. The molecule has 0 aliphatic carbocycles. The fourth-order valence-electron chi connectivity index (χ4n) is 5.07. The lowest BCUT2D eigenvalue weighted by Crippen LogP contribution is -2.30. The molecule has 0 spiro atoms. The Hall–Kier alpha value is -5.45. The lowest BCUT2D eigenvalue weighted by atomic mass is 10.0. The summed E-state index contributed by atoms with van der Waals surface area (Å²) in [5, 5.41) is 10.4. The molecule has 0 radical (unpaired) electrons. The van der Waals surface area contributed by atoms with Crippen molar-refractivity contribution in [3.63, 3.8) is 0 Å². The Labute approximate surface area is 300 Å². The quantitative estimate of drug-likeness (QED) is 0.0681. The molecule has 1 heterocycles. The van der Waals surface area contributed by atoms with E-state index in [4.69, 9.17) is 4.74 Å². The van der Waals surface area contributed by atoms with Crippen LogP contribution in [0.5, 0.6) is 0 Å². The van der Waals surface area contributed by atoms with Crippen molar-refractivity contribution in [2.24, 2.45) is 0 Å². The molecular formula is C40H37N3O5S2. The number of carbonyl (C=O) groups excluding carboxylic acids is 4. The van der Waals surface area contributed by atoms with Crippen LogP contribution in [0, 0.1) is 13.8 Å². The number of ether oxygens (including phenoxy) is 1. The zero-order valence-corrected chi connectivity index (χ0v) is 29.7. The van der Waals surface area contributed by atoms with Gasteiger partial charge in [-0.1, -0.05) is 85.3 Å². The van der Waals surface area contributed by atoms with Gasteiger partial charge in [-0.3, -0.25) is 14.4 Å². The van der Waals surface area contributed by atoms with E-state index in [1.54, 1.807) is 48.5 Å². The lowest BCUT2D eigenvalue weighted by Gasteiger charge is -2.16. The number of carbonyl (C=O) groups is 4. The van der Waals surface area contributed by atoms with Gasteiger partial charge in [-0.15, -0.1) is 23.1 Å². The highest BCUT2D eigenvalue weighted by Crippen LogP contribution is 2.37. The third kappa shape index (κ3) is 8.96. The van der Waals surface area contributed by atoms with E-state index >= 15 is 0 Å². The first kappa shape index (κ1) is 35.8. The highest BCUT2D eigenvalue weighted by molar-refractivity contribution is 8.00. The van der Waals surface area contributed by atoms with E-state index in [1.165, 1.54) is 30.2 Å². The van der Waals surface area contributed by atoms with Crippen LogP contribution in [0.15, 0.2) is 119 Å². The number of thioether (sulfide) groups is 1. The van der Waals surface area contributed by atoms with E-state index in [1.807, 2.05) is 86.8 Å². The smallest absolute Gasteiger partial charge is 0.341 e. The maximum absolute atomic E-state index is 13.6. The molecule has 4 aromatic carbocycles. The average Bonchev–Trinajstić information content (AvgIpc) is 3.54. The zero-order valence-electron chi connectivity index (χ0n) is 28.1. The normalized spacial score (nSPS) is 11.7. The topological polar surface area (TPSA) is 114 Å². The molecule has 0 aliphatic heterocycles. The van der Waals surface area contributed by atoms with E-state index in [-0.39, 0.29) is 11.6 Å². The van der Waals surface area contributed by atoms with Crippen LogP contribution in [0.1, 0.15) is 50.8 Å². The first-order chi connectivity index (χ1) is 24.2. The molecule has 1 atom stereocenters. The second kappa shape index (κ2) is 16.8. The number of aryl methyl sites for hydroxylation is 2. The highest BCUT2D eigenvalue weighted by atomic mass is 32.2. The number of hydrogen-bond acceptors (Lipinski definition) is 7. The average molecular weight is 704 g/mol. The van der Waals surface area contributed by atoms with Gasteiger partial charge in [-0.05, 0) is 73.4 Å². The summed E-state index contributed by atoms with van der Waals surface area (Å²) < 4.78 is 5.08. The molecule has 0 bridgehead atoms. The van der Waals surface area contributed by atoms with E-state index in [2.05, 4.69) is 16.0 Å². The number of thiophene rings is 1. The Bertz CT molecular complexity index is 2040. The minimum absolute atomic E-state index is 0.0828. The van der Waals surface area contributed by atoms with E-state index in [0.717, 1.165) is 27.1 Å². The molecule has 5 aromatic rings. The fraction of sp³-hybridized carbons (Fsp3) is 0.150. The fourth-order valence-corrected chi connectivity index (χ4v) is 7.04. The molecule has 3 amide bonds. The second-order valence-electron chi connectivity index (χ2n) is 11.4. The van der Waals surface area contributed by atoms with Crippen molar-refractivity contribution in [2.75, 3.05) is 17.7 Å². The number of rotatable bonds is 12. The summed E-state index contributed by atoms with van der Waals surface area (Å²) in [6.07, 6.45) is 2.16. The van der Waals surface area contributed by atoms with Gasteiger partial charge in [0.25, 0.3) is 11.8 Å². The lowest BCUT2D eigenvalue weighted by molar-refractivity contribution is -0.116. The summed E-state index contributed by atoms with van der Waals surface area (Å²) in [5.41, 5.74) is 5.69. The highest BCUT2D eigenvalue weighted by Gasteiger charge is 2.25. The van der Waals surface area contributed by atoms with Gasteiger partial charge in [0.1, 0.15) is 16.3 Å². The van der Waals surface area contributed by atoms with Crippen molar-refractivity contribution in [2.45, 2.75) is 37.3 Å². The number of hydrogen-bond donors (Lipinski definition) is 3. The molecule has 8 nitrogen and oxygen atoms in total. The Kier molecular flexibility index (Phi) is 12.0. The number of methoxy groups -OCH3 is 1. The van der Waals surface area contributed by atoms with Crippen LogP contribution < -0.4 is 16.0 Å². The van der Waals surface area contributed by atoms with Crippen LogP contribution >= 0.6 is 23.1 Å². The molecule has 0 saturated heterocycles.